The van der Waals surface area contributed by atoms with Crippen LogP contribution in [0.25, 0.3) is 0 Å². The second kappa shape index (κ2) is 5.09. The summed E-state index contributed by atoms with van der Waals surface area (Å²) in [4.78, 5) is 25.7. The Morgan fingerprint density at radius 2 is 1.86 bits per heavy atom. The molecule has 1 heterocycles. The van der Waals surface area contributed by atoms with Gasteiger partial charge >= 0.3 is 0 Å². The largest absolute Gasteiger partial charge is 0.340 e. The second-order valence-electron chi connectivity index (χ2n) is 5.77. The Labute approximate surface area is 122 Å². The Hall–Kier alpha value is -1.98. The Balaban J connectivity index is 2.59. The van der Waals surface area contributed by atoms with Gasteiger partial charge in [-0.3, -0.25) is 14.5 Å². The highest BCUT2D eigenvalue weighted by atomic mass is 19.1. The van der Waals surface area contributed by atoms with Gasteiger partial charge in [0.25, 0.3) is 5.91 Å². The topological polar surface area (TPSA) is 49.4 Å². The Kier molecular flexibility index (Phi) is 3.74. The molecule has 1 N–H and O–H groups in total. The first-order chi connectivity index (χ1) is 9.69. The van der Waals surface area contributed by atoms with Crippen molar-refractivity contribution in [1.82, 2.24) is 5.32 Å². The third kappa shape index (κ3) is 2.50. The Morgan fingerprint density at radius 3 is 2.43 bits per heavy atom. The van der Waals surface area contributed by atoms with Crippen LogP contribution in [0.1, 0.15) is 32.8 Å². The molecule has 4 nitrogen and oxygen atoms in total. The number of nitrogens with zero attached hydrogens (tertiary/aromatic N) is 1. The van der Waals surface area contributed by atoms with Gasteiger partial charge in [0.05, 0.1) is 5.69 Å². The Morgan fingerprint density at radius 1 is 1.24 bits per heavy atom. The van der Waals surface area contributed by atoms with Gasteiger partial charge in [0.2, 0.25) is 5.91 Å². The number of benzene rings is 1. The number of halogens is 2. The molecule has 21 heavy (non-hydrogen) atoms. The predicted octanol–water partition coefficient (Wildman–Crippen LogP) is 2.29. The van der Waals surface area contributed by atoms with E-state index in [1.807, 2.05) is 0 Å². The van der Waals surface area contributed by atoms with Crippen molar-refractivity contribution in [2.45, 2.75) is 45.7 Å². The molecule has 0 saturated carbocycles. The van der Waals surface area contributed by atoms with Gasteiger partial charge in [0.15, 0.2) is 0 Å². The van der Waals surface area contributed by atoms with E-state index in [4.69, 9.17) is 0 Å². The zero-order valence-electron chi connectivity index (χ0n) is 12.5. The van der Waals surface area contributed by atoms with Gasteiger partial charge in [-0.1, -0.05) is 6.92 Å². The summed E-state index contributed by atoms with van der Waals surface area (Å²) >= 11 is 0. The summed E-state index contributed by atoms with van der Waals surface area (Å²) in [7, 11) is 0. The summed E-state index contributed by atoms with van der Waals surface area (Å²) in [6.45, 7) is 6.22. The van der Waals surface area contributed by atoms with Crippen molar-refractivity contribution >= 4 is 17.5 Å². The number of rotatable bonds is 2. The van der Waals surface area contributed by atoms with E-state index in [-0.39, 0.29) is 17.2 Å². The SMILES string of the molecule is CCC1C(=O)NC(C)(C)C(=O)N1c1cc(F)c(C)cc1F. The van der Waals surface area contributed by atoms with Crippen LogP contribution >= 0.6 is 0 Å². The van der Waals surface area contributed by atoms with E-state index in [1.165, 1.54) is 20.8 Å². The van der Waals surface area contributed by atoms with Crippen molar-refractivity contribution in [3.63, 3.8) is 0 Å². The van der Waals surface area contributed by atoms with Crippen molar-refractivity contribution in [1.29, 1.82) is 0 Å². The summed E-state index contributed by atoms with van der Waals surface area (Å²) in [5.41, 5.74) is -1.20. The van der Waals surface area contributed by atoms with Crippen LogP contribution in [-0.4, -0.2) is 23.4 Å². The van der Waals surface area contributed by atoms with Crippen LogP contribution in [0.4, 0.5) is 14.5 Å². The van der Waals surface area contributed by atoms with Gasteiger partial charge in [0, 0.05) is 6.07 Å². The van der Waals surface area contributed by atoms with Crippen LogP contribution in [0.2, 0.25) is 0 Å². The lowest BCUT2D eigenvalue weighted by Crippen LogP contribution is -2.68. The molecule has 1 aromatic carbocycles. The average molecular weight is 296 g/mol. The van der Waals surface area contributed by atoms with Crippen LogP contribution in [0.5, 0.6) is 0 Å². The maximum absolute atomic E-state index is 14.2. The number of carbonyl (C=O) groups is 2. The summed E-state index contributed by atoms with van der Waals surface area (Å²) in [6, 6.07) is 1.16. The van der Waals surface area contributed by atoms with Crippen LogP contribution in [0, 0.1) is 18.6 Å². The predicted molar refractivity (Wildman–Crippen MR) is 74.9 cm³/mol. The van der Waals surface area contributed by atoms with Crippen LogP contribution in [0.15, 0.2) is 12.1 Å². The molecule has 1 unspecified atom stereocenters. The fraction of sp³-hybridized carbons (Fsp3) is 0.467. The quantitative estimate of drug-likeness (QED) is 0.910. The van der Waals surface area contributed by atoms with E-state index in [9.17, 15) is 18.4 Å². The number of aryl methyl sites for hydroxylation is 1. The molecule has 2 rings (SSSR count). The van der Waals surface area contributed by atoms with Gasteiger partial charge in [-0.2, -0.15) is 0 Å². The molecule has 1 saturated heterocycles. The smallest absolute Gasteiger partial charge is 0.252 e. The van der Waals surface area contributed by atoms with Crippen molar-refractivity contribution in [3.8, 4) is 0 Å². The molecule has 1 fully saturated rings. The van der Waals surface area contributed by atoms with Crippen LogP contribution < -0.4 is 10.2 Å². The van der Waals surface area contributed by atoms with Crippen molar-refractivity contribution in [3.05, 3.63) is 29.3 Å². The number of nitrogens with one attached hydrogen (secondary N) is 1. The number of hydrogen-bond acceptors (Lipinski definition) is 2. The van der Waals surface area contributed by atoms with E-state index in [0.717, 1.165) is 17.0 Å². The number of anilines is 1. The zero-order chi connectivity index (χ0) is 15.9. The first-order valence-corrected chi connectivity index (χ1v) is 6.80. The monoisotopic (exact) mass is 296 g/mol. The van der Waals surface area contributed by atoms with Crippen LogP contribution in [0.3, 0.4) is 0 Å². The van der Waals surface area contributed by atoms with Crippen molar-refractivity contribution in [2.24, 2.45) is 0 Å². The van der Waals surface area contributed by atoms with Crippen molar-refractivity contribution in [2.75, 3.05) is 4.90 Å². The van der Waals surface area contributed by atoms with Crippen LogP contribution in [-0.2, 0) is 9.59 Å². The molecule has 0 aromatic heterocycles. The lowest BCUT2D eigenvalue weighted by atomic mass is 9.94. The third-order valence-electron chi connectivity index (χ3n) is 3.68. The van der Waals surface area contributed by atoms with E-state index in [1.54, 1.807) is 6.92 Å². The standard InChI is InChI=1S/C15H18F2N2O2/c1-5-11-13(20)18-15(3,4)14(21)19(11)12-7-9(16)8(2)6-10(12)17/h6-7,11H,5H2,1-4H3,(H,18,20). The fourth-order valence-corrected chi connectivity index (χ4v) is 2.47. The maximum Gasteiger partial charge on any atom is 0.252 e. The minimum absolute atomic E-state index is 0.150. The Bertz CT molecular complexity index is 614. The van der Waals surface area contributed by atoms with Gasteiger partial charge in [-0.25, -0.2) is 8.78 Å². The maximum atomic E-state index is 14.2. The van der Waals surface area contributed by atoms with E-state index < -0.39 is 29.1 Å². The molecule has 0 bridgehead atoms. The highest BCUT2D eigenvalue weighted by Crippen LogP contribution is 2.30. The normalized spacial score (nSPS) is 21.4. The lowest BCUT2D eigenvalue weighted by Gasteiger charge is -2.42. The minimum atomic E-state index is -1.16. The number of piperazine rings is 1. The molecule has 1 aromatic rings. The molecule has 1 aliphatic heterocycles. The molecule has 2 amide bonds. The summed E-state index contributed by atoms with van der Waals surface area (Å²) in [5.74, 6) is -2.16. The molecule has 0 spiro atoms. The molecular weight excluding hydrogens is 278 g/mol. The van der Waals surface area contributed by atoms with Gasteiger partial charge in [-0.05, 0) is 38.8 Å². The second-order valence-corrected chi connectivity index (χ2v) is 5.77. The third-order valence-corrected chi connectivity index (χ3v) is 3.68. The zero-order valence-corrected chi connectivity index (χ0v) is 12.5. The highest BCUT2D eigenvalue weighted by Gasteiger charge is 2.46. The summed E-state index contributed by atoms with van der Waals surface area (Å²) in [6.07, 6.45) is 0.308. The van der Waals surface area contributed by atoms with E-state index in [0.29, 0.717) is 6.42 Å². The number of hydrogen-bond donors (Lipinski definition) is 1. The first kappa shape index (κ1) is 15.4. The molecule has 0 radical (unpaired) electrons. The van der Waals surface area contributed by atoms with Gasteiger partial charge in [-0.15, -0.1) is 0 Å². The minimum Gasteiger partial charge on any atom is -0.340 e. The molecule has 1 aliphatic rings. The fourth-order valence-electron chi connectivity index (χ4n) is 2.47. The van der Waals surface area contributed by atoms with Crippen molar-refractivity contribution < 1.29 is 18.4 Å². The van der Waals surface area contributed by atoms with E-state index in [2.05, 4.69) is 5.32 Å². The average Bonchev–Trinajstić information content (AvgIpc) is 2.38. The summed E-state index contributed by atoms with van der Waals surface area (Å²) < 4.78 is 27.9. The number of amides is 2. The first-order valence-electron chi connectivity index (χ1n) is 6.80. The molecule has 0 aliphatic carbocycles. The van der Waals surface area contributed by atoms with E-state index >= 15 is 0 Å². The van der Waals surface area contributed by atoms with Gasteiger partial charge in [0.1, 0.15) is 23.2 Å². The molecule has 6 heteroatoms. The number of carbonyl (C=O) groups excluding carboxylic acids is 2. The molecular formula is C15H18F2N2O2. The highest BCUT2D eigenvalue weighted by molar-refractivity contribution is 6.10. The summed E-state index contributed by atoms with van der Waals surface area (Å²) in [5, 5.41) is 2.61. The molecule has 1 atom stereocenters. The van der Waals surface area contributed by atoms with Gasteiger partial charge < -0.3 is 5.32 Å². The molecule has 114 valence electrons. The lowest BCUT2D eigenvalue weighted by molar-refractivity contribution is -0.137.